The lowest BCUT2D eigenvalue weighted by molar-refractivity contribution is 0.376. The van der Waals surface area contributed by atoms with Crippen LogP contribution in [0.1, 0.15) is 49.0 Å². The summed E-state index contributed by atoms with van der Waals surface area (Å²) in [5.74, 6) is 0.506. The molecule has 0 saturated heterocycles. The number of hydrogen-bond acceptors (Lipinski definition) is 3. The van der Waals surface area contributed by atoms with Crippen LogP contribution in [0.4, 0.5) is 0 Å². The number of aryl methyl sites for hydroxylation is 1. The van der Waals surface area contributed by atoms with Gasteiger partial charge in [-0.1, -0.05) is 37.6 Å². The van der Waals surface area contributed by atoms with E-state index < -0.39 is 0 Å². The van der Waals surface area contributed by atoms with Gasteiger partial charge >= 0.3 is 0 Å². The number of thiazole rings is 1. The van der Waals surface area contributed by atoms with Crippen molar-refractivity contribution in [1.82, 2.24) is 10.3 Å². The molecule has 0 amide bonds. The molecule has 0 radical (unpaired) electrons. The largest absolute Gasteiger partial charge is 0.302 e. The molecule has 0 saturated carbocycles. The Morgan fingerprint density at radius 2 is 1.80 bits per heavy atom. The Hall–Kier alpha value is -0.900. The van der Waals surface area contributed by atoms with E-state index in [-0.39, 0.29) is 0 Å². The Balaban J connectivity index is 2.18. The summed E-state index contributed by atoms with van der Waals surface area (Å²) in [6, 6.07) is 8.72. The number of benzene rings is 1. The molecule has 2 aromatic rings. The minimum absolute atomic E-state index is 0.297. The minimum Gasteiger partial charge on any atom is -0.302 e. The SMILES string of the molecule is Cc1ncsc1C(C)NC(c1ccc(Cl)cc1)C(C)C. The summed E-state index contributed by atoms with van der Waals surface area (Å²) in [4.78, 5) is 5.65. The lowest BCUT2D eigenvalue weighted by Crippen LogP contribution is -2.28. The van der Waals surface area contributed by atoms with Gasteiger partial charge in [0, 0.05) is 22.0 Å². The maximum absolute atomic E-state index is 5.98. The third-order valence-electron chi connectivity index (χ3n) is 3.50. The van der Waals surface area contributed by atoms with Crippen LogP contribution in [0.15, 0.2) is 29.8 Å². The van der Waals surface area contributed by atoms with Gasteiger partial charge in [0.15, 0.2) is 0 Å². The summed E-state index contributed by atoms with van der Waals surface area (Å²) in [6.07, 6.45) is 0. The van der Waals surface area contributed by atoms with Crippen LogP contribution in [0.3, 0.4) is 0 Å². The van der Waals surface area contributed by atoms with E-state index in [1.165, 1.54) is 10.4 Å². The topological polar surface area (TPSA) is 24.9 Å². The summed E-state index contributed by atoms with van der Waals surface area (Å²) in [7, 11) is 0. The van der Waals surface area contributed by atoms with Gasteiger partial charge in [0.25, 0.3) is 0 Å². The second-order valence-corrected chi connectivity index (χ2v) is 6.79. The highest BCUT2D eigenvalue weighted by Gasteiger charge is 2.20. The van der Waals surface area contributed by atoms with Gasteiger partial charge in [-0.05, 0) is 37.5 Å². The van der Waals surface area contributed by atoms with Crippen LogP contribution in [0, 0.1) is 12.8 Å². The second kappa shape index (κ2) is 6.70. The molecule has 2 atom stereocenters. The fourth-order valence-electron chi connectivity index (χ4n) is 2.42. The molecule has 2 unspecified atom stereocenters. The molecular formula is C16H21ClN2S. The van der Waals surface area contributed by atoms with E-state index >= 15 is 0 Å². The molecule has 0 bridgehead atoms. The predicted octanol–water partition coefficient (Wildman–Crippen LogP) is 5.15. The first-order chi connectivity index (χ1) is 9.49. The number of rotatable bonds is 5. The van der Waals surface area contributed by atoms with Crippen LogP contribution < -0.4 is 5.32 Å². The zero-order valence-electron chi connectivity index (χ0n) is 12.4. The number of aromatic nitrogens is 1. The first kappa shape index (κ1) is 15.5. The van der Waals surface area contributed by atoms with Crippen LogP contribution in [-0.2, 0) is 0 Å². The predicted molar refractivity (Wildman–Crippen MR) is 87.4 cm³/mol. The van der Waals surface area contributed by atoms with Crippen LogP contribution in [-0.4, -0.2) is 4.98 Å². The minimum atomic E-state index is 0.297. The van der Waals surface area contributed by atoms with Gasteiger partial charge in [0.2, 0.25) is 0 Å². The first-order valence-corrected chi connectivity index (χ1v) is 8.16. The molecule has 0 fully saturated rings. The summed E-state index contributed by atoms with van der Waals surface area (Å²) in [6.45, 7) is 8.74. The Morgan fingerprint density at radius 3 is 2.30 bits per heavy atom. The van der Waals surface area contributed by atoms with Crippen molar-refractivity contribution in [2.45, 2.75) is 39.8 Å². The average Bonchev–Trinajstić information content (AvgIpc) is 2.83. The highest BCUT2D eigenvalue weighted by atomic mass is 35.5. The summed E-state index contributed by atoms with van der Waals surface area (Å²) < 4.78 is 0. The molecule has 1 heterocycles. The van der Waals surface area contributed by atoms with Crippen molar-refractivity contribution in [1.29, 1.82) is 0 Å². The quantitative estimate of drug-likeness (QED) is 0.826. The van der Waals surface area contributed by atoms with Crippen LogP contribution >= 0.6 is 22.9 Å². The lowest BCUT2D eigenvalue weighted by atomic mass is 9.95. The summed E-state index contributed by atoms with van der Waals surface area (Å²) >= 11 is 7.69. The van der Waals surface area contributed by atoms with E-state index in [1.807, 2.05) is 17.6 Å². The number of nitrogens with zero attached hydrogens (tertiary/aromatic N) is 1. The zero-order chi connectivity index (χ0) is 14.7. The van der Waals surface area contributed by atoms with E-state index in [0.717, 1.165) is 10.7 Å². The molecule has 1 aromatic heterocycles. The Labute approximate surface area is 130 Å². The van der Waals surface area contributed by atoms with Crippen molar-refractivity contribution in [3.63, 3.8) is 0 Å². The summed E-state index contributed by atoms with van der Waals surface area (Å²) in [5, 5.41) is 4.50. The fourth-order valence-corrected chi connectivity index (χ4v) is 3.36. The third-order valence-corrected chi connectivity index (χ3v) is 4.87. The smallest absolute Gasteiger partial charge is 0.0798 e. The van der Waals surface area contributed by atoms with Crippen molar-refractivity contribution in [2.24, 2.45) is 5.92 Å². The molecule has 20 heavy (non-hydrogen) atoms. The molecule has 1 aromatic carbocycles. The molecule has 0 aliphatic carbocycles. The van der Waals surface area contributed by atoms with Gasteiger partial charge in [0.05, 0.1) is 11.2 Å². The molecule has 0 spiro atoms. The number of halogens is 1. The first-order valence-electron chi connectivity index (χ1n) is 6.90. The van der Waals surface area contributed by atoms with Gasteiger partial charge in [0.1, 0.15) is 0 Å². The standard InChI is InChI=1S/C16H21ClN2S/c1-10(2)15(13-5-7-14(17)8-6-13)19-12(4)16-11(3)18-9-20-16/h5-10,12,15,19H,1-4H3. The van der Waals surface area contributed by atoms with Crippen molar-refractivity contribution >= 4 is 22.9 Å². The molecule has 2 nitrogen and oxygen atoms in total. The van der Waals surface area contributed by atoms with Gasteiger partial charge in [-0.2, -0.15) is 0 Å². The lowest BCUT2D eigenvalue weighted by Gasteiger charge is -2.27. The maximum Gasteiger partial charge on any atom is 0.0798 e. The van der Waals surface area contributed by atoms with Crippen LogP contribution in [0.2, 0.25) is 5.02 Å². The molecule has 0 aliphatic heterocycles. The van der Waals surface area contributed by atoms with Crippen LogP contribution in [0.5, 0.6) is 0 Å². The Bertz CT molecular complexity index is 548. The van der Waals surface area contributed by atoms with E-state index in [1.54, 1.807) is 11.3 Å². The Kier molecular flexibility index (Phi) is 5.19. The normalized spacial score (nSPS) is 14.5. The van der Waals surface area contributed by atoms with Gasteiger partial charge in [-0.25, -0.2) is 4.98 Å². The van der Waals surface area contributed by atoms with E-state index in [2.05, 4.69) is 50.1 Å². The van der Waals surface area contributed by atoms with Gasteiger partial charge in [-0.15, -0.1) is 11.3 Å². The number of hydrogen-bond donors (Lipinski definition) is 1. The van der Waals surface area contributed by atoms with E-state index in [0.29, 0.717) is 18.0 Å². The Morgan fingerprint density at radius 1 is 1.15 bits per heavy atom. The third kappa shape index (κ3) is 3.60. The highest BCUT2D eigenvalue weighted by molar-refractivity contribution is 7.09. The zero-order valence-corrected chi connectivity index (χ0v) is 13.9. The van der Waals surface area contributed by atoms with Crippen LogP contribution in [0.25, 0.3) is 0 Å². The van der Waals surface area contributed by atoms with Crippen molar-refractivity contribution in [3.8, 4) is 0 Å². The summed E-state index contributed by atoms with van der Waals surface area (Å²) in [5.41, 5.74) is 4.31. The molecule has 0 aliphatic rings. The highest BCUT2D eigenvalue weighted by Crippen LogP contribution is 2.29. The van der Waals surface area contributed by atoms with Gasteiger partial charge in [-0.3, -0.25) is 0 Å². The molecule has 2 rings (SSSR count). The van der Waals surface area contributed by atoms with Crippen molar-refractivity contribution in [3.05, 3.63) is 50.9 Å². The molecule has 4 heteroatoms. The van der Waals surface area contributed by atoms with E-state index in [9.17, 15) is 0 Å². The fraction of sp³-hybridized carbons (Fsp3) is 0.438. The van der Waals surface area contributed by atoms with E-state index in [4.69, 9.17) is 11.6 Å². The second-order valence-electron chi connectivity index (χ2n) is 5.46. The molecule has 108 valence electrons. The van der Waals surface area contributed by atoms with Crippen molar-refractivity contribution < 1.29 is 0 Å². The van der Waals surface area contributed by atoms with Crippen molar-refractivity contribution in [2.75, 3.05) is 0 Å². The maximum atomic E-state index is 5.98. The number of nitrogens with one attached hydrogen (secondary N) is 1. The molecule has 1 N–H and O–H groups in total. The molecular weight excluding hydrogens is 288 g/mol. The monoisotopic (exact) mass is 308 g/mol. The average molecular weight is 309 g/mol. The van der Waals surface area contributed by atoms with Gasteiger partial charge < -0.3 is 5.32 Å².